The maximum absolute atomic E-state index is 9.57. The van der Waals surface area contributed by atoms with Gasteiger partial charge in [-0.05, 0) is 0 Å². The van der Waals surface area contributed by atoms with Crippen molar-refractivity contribution in [2.75, 3.05) is 0 Å². The Morgan fingerprint density at radius 1 is 1.86 bits per heavy atom. The molecule has 0 radical (unpaired) electrons. The molecule has 2 atom stereocenters. The van der Waals surface area contributed by atoms with Crippen LogP contribution in [0.2, 0.25) is 0 Å². The predicted molar refractivity (Wildman–Crippen MR) is 24.2 cm³/mol. The molecular formula is C3H6NaO2P. The summed E-state index contributed by atoms with van der Waals surface area (Å²) in [5.74, 6) is -1.03. The summed E-state index contributed by atoms with van der Waals surface area (Å²) in [4.78, 5) is 9.57. The van der Waals surface area contributed by atoms with Crippen LogP contribution in [0.25, 0.3) is 0 Å². The van der Waals surface area contributed by atoms with Crippen molar-refractivity contribution < 1.29 is 39.5 Å². The third kappa shape index (κ3) is 6.90. The summed E-state index contributed by atoms with van der Waals surface area (Å²) in [6, 6.07) is 0. The minimum absolute atomic E-state index is 0. The van der Waals surface area contributed by atoms with Crippen molar-refractivity contribution in [3.8, 4) is 0 Å². The quantitative estimate of drug-likeness (QED) is 0.267. The molecule has 0 fully saturated rings. The van der Waals surface area contributed by atoms with Gasteiger partial charge in [0.25, 0.3) is 0 Å². The maximum Gasteiger partial charge on any atom is 1.00 e. The fourth-order valence-electron chi connectivity index (χ4n) is 0. The maximum atomic E-state index is 9.57. The minimum atomic E-state index is -1.03. The minimum Gasteiger partial charge on any atom is -0.550 e. The van der Waals surface area contributed by atoms with Crippen LogP contribution in [-0.4, -0.2) is 11.6 Å². The van der Waals surface area contributed by atoms with Crippen LogP contribution in [0.4, 0.5) is 0 Å². The van der Waals surface area contributed by atoms with Crippen molar-refractivity contribution >= 4 is 15.2 Å². The van der Waals surface area contributed by atoms with Gasteiger partial charge in [-0.2, -0.15) is 0 Å². The van der Waals surface area contributed by atoms with Crippen LogP contribution in [0.3, 0.4) is 0 Å². The zero-order chi connectivity index (χ0) is 5.15. The van der Waals surface area contributed by atoms with Gasteiger partial charge in [-0.25, -0.2) is 0 Å². The molecular weight excluding hydrogens is 122 g/mol. The molecule has 0 aliphatic rings. The van der Waals surface area contributed by atoms with Gasteiger partial charge in [-0.1, -0.05) is 6.92 Å². The van der Waals surface area contributed by atoms with Gasteiger partial charge in [0.05, 0.1) is 0 Å². The summed E-state index contributed by atoms with van der Waals surface area (Å²) < 4.78 is 0. The molecule has 0 rings (SSSR count). The smallest absolute Gasteiger partial charge is 0.550 e. The largest absolute Gasteiger partial charge is 1.00 e. The third-order valence-electron chi connectivity index (χ3n) is 0.372. The summed E-state index contributed by atoms with van der Waals surface area (Å²) in [6.07, 6.45) is 0. The molecule has 36 valence electrons. The third-order valence-corrected chi connectivity index (χ3v) is 0.644. The van der Waals surface area contributed by atoms with Crippen LogP contribution < -0.4 is 34.7 Å². The zero-order valence-electron chi connectivity index (χ0n) is 4.47. The summed E-state index contributed by atoms with van der Waals surface area (Å²) in [7, 11) is 2.11. The standard InChI is InChI=1S/C3H7O2P.Na/c1-2(6)3(4)5;/h2H,6H2,1H3,(H,4,5);/q;+1/p-1. The number of aliphatic carboxylic acids is 1. The second-order valence-corrected chi connectivity index (χ2v) is 2.11. The Labute approximate surface area is 67.2 Å². The summed E-state index contributed by atoms with van der Waals surface area (Å²) >= 11 is 0. The number of carboxylic acid groups (broad SMARTS) is 1. The van der Waals surface area contributed by atoms with Gasteiger partial charge in [-0.15, -0.1) is 9.24 Å². The molecule has 0 aliphatic heterocycles. The molecule has 0 saturated heterocycles. The van der Waals surface area contributed by atoms with Gasteiger partial charge in [0, 0.05) is 11.6 Å². The summed E-state index contributed by atoms with van der Waals surface area (Å²) in [6.45, 7) is 1.54. The number of rotatable bonds is 1. The average molecular weight is 128 g/mol. The van der Waals surface area contributed by atoms with Crippen LogP contribution in [-0.2, 0) is 4.79 Å². The predicted octanol–water partition coefficient (Wildman–Crippen LogP) is -4.00. The van der Waals surface area contributed by atoms with Crippen molar-refractivity contribution in [3.05, 3.63) is 0 Å². The molecule has 0 amide bonds. The number of carboxylic acids is 1. The number of hydrogen-bond acceptors (Lipinski definition) is 2. The summed E-state index contributed by atoms with van der Waals surface area (Å²) in [5, 5.41) is 9.57. The van der Waals surface area contributed by atoms with E-state index >= 15 is 0 Å². The first-order valence-corrected chi connectivity index (χ1v) is 2.27. The zero-order valence-corrected chi connectivity index (χ0v) is 7.63. The Hall–Kier alpha value is 0.900. The van der Waals surface area contributed by atoms with Gasteiger partial charge in [-0.3, -0.25) is 0 Å². The van der Waals surface area contributed by atoms with Gasteiger partial charge in [0.15, 0.2) is 0 Å². The second kappa shape index (κ2) is 5.04. The molecule has 0 spiro atoms. The van der Waals surface area contributed by atoms with E-state index in [-0.39, 0.29) is 29.6 Å². The van der Waals surface area contributed by atoms with E-state index in [1.807, 2.05) is 0 Å². The van der Waals surface area contributed by atoms with Crippen LogP contribution in [0.1, 0.15) is 6.92 Å². The fourth-order valence-corrected chi connectivity index (χ4v) is 0. The van der Waals surface area contributed by atoms with Crippen molar-refractivity contribution in [3.63, 3.8) is 0 Å². The van der Waals surface area contributed by atoms with Crippen LogP contribution in [0.5, 0.6) is 0 Å². The Balaban J connectivity index is 0. The van der Waals surface area contributed by atoms with E-state index < -0.39 is 11.6 Å². The molecule has 0 bridgehead atoms. The molecule has 0 N–H and O–H groups in total. The van der Waals surface area contributed by atoms with Crippen LogP contribution in [0, 0.1) is 0 Å². The SMILES string of the molecule is CC(P)C(=O)[O-].[Na+]. The molecule has 0 heterocycles. The van der Waals surface area contributed by atoms with Crippen LogP contribution >= 0.6 is 9.24 Å². The van der Waals surface area contributed by atoms with Crippen molar-refractivity contribution in [1.82, 2.24) is 0 Å². The van der Waals surface area contributed by atoms with E-state index in [4.69, 9.17) is 0 Å². The monoisotopic (exact) mass is 128 g/mol. The van der Waals surface area contributed by atoms with E-state index in [1.54, 1.807) is 6.92 Å². The van der Waals surface area contributed by atoms with Crippen molar-refractivity contribution in [1.29, 1.82) is 0 Å². The Kier molecular flexibility index (Phi) is 7.79. The number of carbonyl (C=O) groups is 1. The van der Waals surface area contributed by atoms with Crippen molar-refractivity contribution in [2.45, 2.75) is 12.6 Å². The Morgan fingerprint density at radius 2 is 2.00 bits per heavy atom. The van der Waals surface area contributed by atoms with Crippen LogP contribution in [0.15, 0.2) is 0 Å². The number of hydrogen-bond donors (Lipinski definition) is 0. The molecule has 2 nitrogen and oxygen atoms in total. The molecule has 2 unspecified atom stereocenters. The average Bonchev–Trinajstić information content (AvgIpc) is 1.36. The molecule has 0 aromatic heterocycles. The molecule has 7 heavy (non-hydrogen) atoms. The fraction of sp³-hybridized carbons (Fsp3) is 0.667. The molecule has 4 heteroatoms. The molecule has 0 saturated carbocycles. The first-order valence-electron chi connectivity index (χ1n) is 1.61. The molecule has 0 aromatic carbocycles. The topological polar surface area (TPSA) is 40.1 Å². The second-order valence-electron chi connectivity index (χ2n) is 1.11. The van der Waals surface area contributed by atoms with E-state index in [9.17, 15) is 9.90 Å². The van der Waals surface area contributed by atoms with Crippen molar-refractivity contribution in [2.24, 2.45) is 0 Å². The summed E-state index contributed by atoms with van der Waals surface area (Å²) in [5.41, 5.74) is -0.426. The van der Waals surface area contributed by atoms with Gasteiger partial charge < -0.3 is 9.90 Å². The first kappa shape index (κ1) is 10.8. The van der Waals surface area contributed by atoms with E-state index in [2.05, 4.69) is 9.24 Å². The Morgan fingerprint density at radius 3 is 2.00 bits per heavy atom. The Bertz CT molecular complexity index is 64.0. The molecule has 0 aromatic rings. The van der Waals surface area contributed by atoms with Gasteiger partial charge in [0.2, 0.25) is 0 Å². The normalized spacial score (nSPS) is 11.7. The van der Waals surface area contributed by atoms with E-state index in [0.29, 0.717) is 0 Å². The first-order chi connectivity index (χ1) is 2.64. The molecule has 0 aliphatic carbocycles. The number of carbonyl (C=O) groups excluding carboxylic acids is 1. The van der Waals surface area contributed by atoms with E-state index in [1.165, 1.54) is 0 Å². The van der Waals surface area contributed by atoms with Gasteiger partial charge in [0.1, 0.15) is 0 Å². The van der Waals surface area contributed by atoms with Gasteiger partial charge >= 0.3 is 29.6 Å². The van der Waals surface area contributed by atoms with E-state index in [0.717, 1.165) is 0 Å².